The molecule has 2 fully saturated rings. The molecule has 5 nitrogen and oxygen atoms in total. The molecule has 1 saturated heterocycles. The predicted molar refractivity (Wildman–Crippen MR) is 117 cm³/mol. The molecule has 1 aliphatic carbocycles. The van der Waals surface area contributed by atoms with E-state index in [1.807, 2.05) is 0 Å². The molecule has 1 aliphatic heterocycles. The molecule has 3 N–H and O–H groups in total. The summed E-state index contributed by atoms with van der Waals surface area (Å²) in [4.78, 5) is 17.2. The van der Waals surface area contributed by atoms with Crippen molar-refractivity contribution < 1.29 is 4.79 Å². The van der Waals surface area contributed by atoms with Gasteiger partial charge in [-0.2, -0.15) is 0 Å². The average Bonchev–Trinajstić information content (AvgIpc) is 2.60. The number of rotatable bonds is 8. The summed E-state index contributed by atoms with van der Waals surface area (Å²) in [5.74, 6) is 0.202. The van der Waals surface area contributed by atoms with Gasteiger partial charge in [0.1, 0.15) is 0 Å². The van der Waals surface area contributed by atoms with E-state index in [0.29, 0.717) is 13.0 Å². The lowest BCUT2D eigenvalue weighted by Gasteiger charge is -2.35. The molecule has 1 amide bonds. The zero-order valence-electron chi connectivity index (χ0n) is 16.2. The Kier molecular flexibility index (Phi) is 16.6. The van der Waals surface area contributed by atoms with Crippen LogP contribution >= 0.6 is 37.2 Å². The number of likely N-dealkylation sites (N-methyl/N-ethyl adjacent to an activating group) is 1. The van der Waals surface area contributed by atoms with Gasteiger partial charge in [0, 0.05) is 39.1 Å². The molecule has 1 heterocycles. The van der Waals surface area contributed by atoms with Crippen LogP contribution in [0.25, 0.3) is 0 Å². The number of amides is 1. The molecule has 0 aromatic heterocycles. The van der Waals surface area contributed by atoms with Gasteiger partial charge in [-0.3, -0.25) is 4.79 Å². The van der Waals surface area contributed by atoms with E-state index in [1.165, 1.54) is 32.4 Å². The summed E-state index contributed by atoms with van der Waals surface area (Å²) in [6, 6.07) is 0. The maximum absolute atomic E-state index is 12.2. The lowest BCUT2D eigenvalue weighted by molar-refractivity contribution is -0.123. The quantitative estimate of drug-likeness (QED) is 0.578. The second-order valence-corrected chi connectivity index (χ2v) is 7.42. The molecule has 0 atom stereocenters. The number of nitrogens with one attached hydrogen (secondary N) is 1. The Morgan fingerprint density at radius 3 is 2.12 bits per heavy atom. The topological polar surface area (TPSA) is 61.6 Å². The van der Waals surface area contributed by atoms with Crippen molar-refractivity contribution >= 4 is 43.1 Å². The summed E-state index contributed by atoms with van der Waals surface area (Å²) >= 11 is 0. The van der Waals surface area contributed by atoms with E-state index in [2.05, 4.69) is 22.0 Å². The number of piperazine rings is 1. The number of carbonyl (C=O) groups excluding carboxylic acids is 1. The van der Waals surface area contributed by atoms with Gasteiger partial charge in [0.25, 0.3) is 0 Å². The standard InChI is InChI=1S/C18H36N4O.3ClH/c1-2-21-11-13-22(14-12-21)10-6-9-20-17(23)15-18(16-19)7-4-3-5-8-18;;;/h2-16,19H2,1H3,(H,20,23);3*1H. The molecule has 8 heteroatoms. The molecular weight excluding hydrogens is 395 g/mol. The molecule has 0 bridgehead atoms. The fourth-order valence-electron chi connectivity index (χ4n) is 4.02. The third kappa shape index (κ3) is 9.43. The summed E-state index contributed by atoms with van der Waals surface area (Å²) in [7, 11) is 0. The highest BCUT2D eigenvalue weighted by Crippen LogP contribution is 2.38. The van der Waals surface area contributed by atoms with Crippen LogP contribution in [0.2, 0.25) is 0 Å². The Labute approximate surface area is 178 Å². The Morgan fingerprint density at radius 2 is 1.58 bits per heavy atom. The number of nitrogens with zero attached hydrogens (tertiary/aromatic N) is 2. The zero-order valence-corrected chi connectivity index (χ0v) is 18.7. The van der Waals surface area contributed by atoms with Gasteiger partial charge in [-0.25, -0.2) is 0 Å². The molecule has 0 spiro atoms. The van der Waals surface area contributed by atoms with Gasteiger partial charge in [-0.05, 0) is 44.3 Å². The lowest BCUT2D eigenvalue weighted by atomic mass is 9.71. The van der Waals surface area contributed by atoms with Crippen molar-refractivity contribution in [3.05, 3.63) is 0 Å². The Bertz CT molecular complexity index is 360. The van der Waals surface area contributed by atoms with Crippen molar-refractivity contribution in [2.24, 2.45) is 11.1 Å². The summed E-state index contributed by atoms with van der Waals surface area (Å²) in [5.41, 5.74) is 6.05. The molecule has 0 unspecified atom stereocenters. The van der Waals surface area contributed by atoms with Crippen LogP contribution in [-0.2, 0) is 4.79 Å². The normalized spacial score (nSPS) is 20.2. The summed E-state index contributed by atoms with van der Waals surface area (Å²) in [6.07, 6.45) is 7.68. The van der Waals surface area contributed by atoms with Crippen molar-refractivity contribution in [2.75, 3.05) is 52.4 Å². The largest absolute Gasteiger partial charge is 0.356 e. The molecule has 158 valence electrons. The minimum absolute atomic E-state index is 0. The third-order valence-electron chi connectivity index (χ3n) is 5.77. The maximum atomic E-state index is 12.2. The first-order chi connectivity index (χ1) is 11.2. The lowest BCUT2D eigenvalue weighted by Crippen LogP contribution is -2.46. The molecule has 0 radical (unpaired) electrons. The van der Waals surface area contributed by atoms with E-state index in [1.54, 1.807) is 0 Å². The molecule has 2 aliphatic rings. The zero-order chi connectivity index (χ0) is 16.5. The minimum atomic E-state index is 0. The van der Waals surface area contributed by atoms with Crippen LogP contribution in [0.1, 0.15) is 51.9 Å². The number of carbonyl (C=O) groups is 1. The average molecular weight is 434 g/mol. The molecule has 0 aromatic carbocycles. The number of hydrogen-bond acceptors (Lipinski definition) is 4. The molecule has 0 aromatic rings. The predicted octanol–water partition coefficient (Wildman–Crippen LogP) is 2.69. The highest BCUT2D eigenvalue weighted by Gasteiger charge is 2.32. The summed E-state index contributed by atoms with van der Waals surface area (Å²) in [5, 5.41) is 3.12. The number of nitrogens with two attached hydrogens (primary N) is 1. The summed E-state index contributed by atoms with van der Waals surface area (Å²) < 4.78 is 0. The van der Waals surface area contributed by atoms with E-state index < -0.39 is 0 Å². The Morgan fingerprint density at radius 1 is 1.00 bits per heavy atom. The smallest absolute Gasteiger partial charge is 0.220 e. The van der Waals surface area contributed by atoms with Crippen molar-refractivity contribution in [2.45, 2.75) is 51.9 Å². The van der Waals surface area contributed by atoms with Crippen molar-refractivity contribution in [3.63, 3.8) is 0 Å². The number of hydrogen-bond donors (Lipinski definition) is 2. The van der Waals surface area contributed by atoms with Crippen molar-refractivity contribution in [1.29, 1.82) is 0 Å². The van der Waals surface area contributed by atoms with Crippen LogP contribution in [0.4, 0.5) is 0 Å². The monoisotopic (exact) mass is 432 g/mol. The fraction of sp³-hybridized carbons (Fsp3) is 0.944. The van der Waals surface area contributed by atoms with Crippen LogP contribution in [0, 0.1) is 5.41 Å². The second kappa shape index (κ2) is 15.2. The Balaban J connectivity index is 0. The SMILES string of the molecule is CCN1CCN(CCCNC(=O)CC2(CN)CCCCC2)CC1.Cl.Cl.Cl. The van der Waals surface area contributed by atoms with E-state index >= 15 is 0 Å². The third-order valence-corrected chi connectivity index (χ3v) is 5.77. The molecule has 2 rings (SSSR count). The first-order valence-electron chi connectivity index (χ1n) is 9.59. The maximum Gasteiger partial charge on any atom is 0.220 e. The van der Waals surface area contributed by atoms with Gasteiger partial charge in [0.05, 0.1) is 0 Å². The van der Waals surface area contributed by atoms with Crippen LogP contribution < -0.4 is 11.1 Å². The van der Waals surface area contributed by atoms with Gasteiger partial charge in [-0.15, -0.1) is 37.2 Å². The van der Waals surface area contributed by atoms with E-state index in [-0.39, 0.29) is 48.5 Å². The second-order valence-electron chi connectivity index (χ2n) is 7.42. The summed E-state index contributed by atoms with van der Waals surface area (Å²) in [6.45, 7) is 10.6. The van der Waals surface area contributed by atoms with Gasteiger partial charge >= 0.3 is 0 Å². The van der Waals surface area contributed by atoms with Crippen LogP contribution in [0.3, 0.4) is 0 Å². The molecule has 1 saturated carbocycles. The van der Waals surface area contributed by atoms with Gasteiger partial charge in [-0.1, -0.05) is 26.2 Å². The van der Waals surface area contributed by atoms with Crippen LogP contribution in [-0.4, -0.2) is 68.1 Å². The van der Waals surface area contributed by atoms with Crippen LogP contribution in [0.15, 0.2) is 0 Å². The number of halogens is 3. The first kappa shape index (κ1) is 28.4. The highest BCUT2D eigenvalue weighted by molar-refractivity contribution is 5.86. The van der Waals surface area contributed by atoms with Gasteiger partial charge in [0.15, 0.2) is 0 Å². The van der Waals surface area contributed by atoms with E-state index in [9.17, 15) is 4.79 Å². The van der Waals surface area contributed by atoms with Gasteiger partial charge in [0.2, 0.25) is 5.91 Å². The first-order valence-corrected chi connectivity index (χ1v) is 9.59. The van der Waals surface area contributed by atoms with E-state index in [0.717, 1.165) is 52.0 Å². The van der Waals surface area contributed by atoms with Crippen molar-refractivity contribution in [3.8, 4) is 0 Å². The molecule has 26 heavy (non-hydrogen) atoms. The minimum Gasteiger partial charge on any atom is -0.356 e. The van der Waals surface area contributed by atoms with E-state index in [4.69, 9.17) is 5.73 Å². The Hall–Kier alpha value is 0.220. The van der Waals surface area contributed by atoms with Crippen molar-refractivity contribution in [1.82, 2.24) is 15.1 Å². The molecular formula is C18H39Cl3N4O. The highest BCUT2D eigenvalue weighted by atomic mass is 35.5. The fourth-order valence-corrected chi connectivity index (χ4v) is 4.02. The van der Waals surface area contributed by atoms with Crippen LogP contribution in [0.5, 0.6) is 0 Å². The van der Waals surface area contributed by atoms with Gasteiger partial charge < -0.3 is 20.9 Å².